The van der Waals surface area contributed by atoms with Crippen molar-refractivity contribution in [3.05, 3.63) is 35.9 Å². The molecule has 6 heteroatoms. The quantitative estimate of drug-likeness (QED) is 0.509. The standard InChI is InChI=1S/C13H18N2O3S/c14-10(6-9-4-2-1-3-5-9)13(18)15-11(8-19)12(17)7-16/h1-5,10-11,16,19H,6-8,14H2,(H,15,18)/t10-,11-/m0/s1. The molecule has 0 radical (unpaired) electrons. The molecular formula is C13H18N2O3S. The van der Waals surface area contributed by atoms with Crippen LogP contribution in [0.1, 0.15) is 5.56 Å². The first-order valence-corrected chi connectivity index (χ1v) is 6.56. The fraction of sp³-hybridized carbons (Fsp3) is 0.385. The molecule has 104 valence electrons. The third kappa shape index (κ3) is 5.02. The van der Waals surface area contributed by atoms with Crippen LogP contribution in [-0.2, 0) is 16.0 Å². The van der Waals surface area contributed by atoms with E-state index in [1.807, 2.05) is 30.3 Å². The zero-order valence-corrected chi connectivity index (χ0v) is 11.3. The molecule has 1 aromatic carbocycles. The molecule has 1 rings (SSSR count). The molecule has 0 aliphatic rings. The molecule has 1 amide bonds. The van der Waals surface area contributed by atoms with Crippen molar-refractivity contribution in [2.75, 3.05) is 12.4 Å². The van der Waals surface area contributed by atoms with Gasteiger partial charge < -0.3 is 16.2 Å². The molecule has 4 N–H and O–H groups in total. The Hall–Kier alpha value is -1.37. The van der Waals surface area contributed by atoms with Gasteiger partial charge in [-0.3, -0.25) is 9.59 Å². The maximum absolute atomic E-state index is 11.8. The molecule has 0 aliphatic carbocycles. The molecule has 2 atom stereocenters. The Morgan fingerprint density at radius 1 is 1.32 bits per heavy atom. The zero-order valence-electron chi connectivity index (χ0n) is 10.5. The Morgan fingerprint density at radius 2 is 1.95 bits per heavy atom. The number of Topliss-reactive ketones (excluding diaryl/α,β-unsaturated/α-hetero) is 1. The molecule has 1 aromatic rings. The van der Waals surface area contributed by atoms with Crippen LogP contribution in [0.3, 0.4) is 0 Å². The third-order valence-electron chi connectivity index (χ3n) is 2.68. The number of aliphatic hydroxyl groups is 1. The summed E-state index contributed by atoms with van der Waals surface area (Å²) in [6, 6.07) is 7.83. The van der Waals surface area contributed by atoms with Crippen molar-refractivity contribution in [3.63, 3.8) is 0 Å². The first kappa shape index (κ1) is 15.7. The van der Waals surface area contributed by atoms with Crippen LogP contribution in [0, 0.1) is 0 Å². The number of thiol groups is 1. The molecule has 0 spiro atoms. The van der Waals surface area contributed by atoms with Gasteiger partial charge in [0.2, 0.25) is 5.91 Å². The van der Waals surface area contributed by atoms with Gasteiger partial charge in [-0.15, -0.1) is 0 Å². The summed E-state index contributed by atoms with van der Waals surface area (Å²) in [7, 11) is 0. The minimum absolute atomic E-state index is 0.128. The van der Waals surface area contributed by atoms with Gasteiger partial charge in [-0.05, 0) is 12.0 Å². The number of carbonyl (C=O) groups is 2. The lowest BCUT2D eigenvalue weighted by Crippen LogP contribution is -2.50. The fourth-order valence-electron chi connectivity index (χ4n) is 1.58. The highest BCUT2D eigenvalue weighted by Gasteiger charge is 2.21. The smallest absolute Gasteiger partial charge is 0.237 e. The van der Waals surface area contributed by atoms with E-state index < -0.39 is 30.4 Å². The minimum Gasteiger partial charge on any atom is -0.388 e. The van der Waals surface area contributed by atoms with E-state index in [9.17, 15) is 9.59 Å². The van der Waals surface area contributed by atoms with Crippen LogP contribution in [0.5, 0.6) is 0 Å². The number of ketones is 1. The lowest BCUT2D eigenvalue weighted by Gasteiger charge is -2.17. The molecule has 0 heterocycles. The summed E-state index contributed by atoms with van der Waals surface area (Å²) in [5.74, 6) is -0.775. The Balaban J connectivity index is 2.55. The first-order chi connectivity index (χ1) is 9.08. The summed E-state index contributed by atoms with van der Waals surface area (Å²) >= 11 is 3.96. The van der Waals surface area contributed by atoms with Crippen LogP contribution in [0.4, 0.5) is 0 Å². The van der Waals surface area contributed by atoms with Gasteiger partial charge in [0.1, 0.15) is 6.61 Å². The van der Waals surface area contributed by atoms with Crippen molar-refractivity contribution in [2.45, 2.75) is 18.5 Å². The Kier molecular flexibility index (Phi) is 6.55. The van der Waals surface area contributed by atoms with Crippen LogP contribution in [0.25, 0.3) is 0 Å². The summed E-state index contributed by atoms with van der Waals surface area (Å²) in [6.07, 6.45) is 0.388. The van der Waals surface area contributed by atoms with Gasteiger partial charge in [0.05, 0.1) is 12.1 Å². The summed E-state index contributed by atoms with van der Waals surface area (Å²) in [6.45, 7) is -0.626. The highest BCUT2D eigenvalue weighted by atomic mass is 32.1. The number of hydrogen-bond acceptors (Lipinski definition) is 5. The Bertz CT molecular complexity index is 425. The number of rotatable bonds is 7. The molecule has 19 heavy (non-hydrogen) atoms. The van der Waals surface area contributed by atoms with Gasteiger partial charge in [0, 0.05) is 5.75 Å². The van der Waals surface area contributed by atoms with Gasteiger partial charge in [0.25, 0.3) is 0 Å². The predicted molar refractivity (Wildman–Crippen MR) is 76.0 cm³/mol. The molecule has 0 unspecified atom stereocenters. The van der Waals surface area contributed by atoms with Crippen molar-refractivity contribution in [1.29, 1.82) is 0 Å². The largest absolute Gasteiger partial charge is 0.388 e. The van der Waals surface area contributed by atoms with E-state index in [4.69, 9.17) is 10.8 Å². The van der Waals surface area contributed by atoms with Gasteiger partial charge in [-0.25, -0.2) is 0 Å². The number of amides is 1. The van der Waals surface area contributed by atoms with E-state index in [2.05, 4.69) is 17.9 Å². The van der Waals surface area contributed by atoms with Crippen molar-refractivity contribution in [2.24, 2.45) is 5.73 Å². The highest BCUT2D eigenvalue weighted by Crippen LogP contribution is 2.02. The van der Waals surface area contributed by atoms with Crippen LogP contribution < -0.4 is 11.1 Å². The second-order valence-corrected chi connectivity index (χ2v) is 4.53. The fourth-order valence-corrected chi connectivity index (χ4v) is 1.87. The summed E-state index contributed by atoms with van der Waals surface area (Å²) in [5, 5.41) is 11.2. The number of nitrogens with two attached hydrogens (primary N) is 1. The average molecular weight is 282 g/mol. The predicted octanol–water partition coefficient (Wildman–Crippen LogP) is -0.468. The molecule has 0 bridgehead atoms. The van der Waals surface area contributed by atoms with E-state index in [0.29, 0.717) is 6.42 Å². The first-order valence-electron chi connectivity index (χ1n) is 5.92. The number of carbonyl (C=O) groups excluding carboxylic acids is 2. The second kappa shape index (κ2) is 7.93. The Morgan fingerprint density at radius 3 is 2.47 bits per heavy atom. The lowest BCUT2D eigenvalue weighted by molar-refractivity contribution is -0.129. The molecule has 0 saturated heterocycles. The number of hydrogen-bond donors (Lipinski definition) is 4. The molecule has 0 aromatic heterocycles. The Labute approximate surface area is 117 Å². The van der Waals surface area contributed by atoms with E-state index in [-0.39, 0.29) is 5.75 Å². The summed E-state index contributed by atoms with van der Waals surface area (Å²) in [4.78, 5) is 23.1. The van der Waals surface area contributed by atoms with Gasteiger partial charge >= 0.3 is 0 Å². The van der Waals surface area contributed by atoms with Crippen LogP contribution in [0.2, 0.25) is 0 Å². The van der Waals surface area contributed by atoms with Crippen LogP contribution in [-0.4, -0.2) is 41.2 Å². The molecule has 5 nitrogen and oxygen atoms in total. The number of benzene rings is 1. The SMILES string of the molecule is N[C@@H](Cc1ccccc1)C(=O)N[C@@H](CS)C(=O)CO. The number of aliphatic hydroxyl groups excluding tert-OH is 1. The van der Waals surface area contributed by atoms with Gasteiger partial charge in [-0.2, -0.15) is 12.6 Å². The van der Waals surface area contributed by atoms with E-state index in [1.165, 1.54) is 0 Å². The monoisotopic (exact) mass is 282 g/mol. The van der Waals surface area contributed by atoms with Gasteiger partial charge in [0.15, 0.2) is 5.78 Å². The van der Waals surface area contributed by atoms with Crippen molar-refractivity contribution in [3.8, 4) is 0 Å². The molecule has 0 aliphatic heterocycles. The maximum Gasteiger partial charge on any atom is 0.237 e. The van der Waals surface area contributed by atoms with Gasteiger partial charge in [-0.1, -0.05) is 30.3 Å². The maximum atomic E-state index is 11.8. The summed E-state index contributed by atoms with van der Waals surface area (Å²) in [5.41, 5.74) is 6.73. The van der Waals surface area contributed by atoms with Crippen LogP contribution in [0.15, 0.2) is 30.3 Å². The highest BCUT2D eigenvalue weighted by molar-refractivity contribution is 7.80. The normalized spacial score (nSPS) is 13.6. The van der Waals surface area contributed by atoms with Crippen LogP contribution >= 0.6 is 12.6 Å². The average Bonchev–Trinajstić information content (AvgIpc) is 2.44. The molecule has 0 fully saturated rings. The second-order valence-electron chi connectivity index (χ2n) is 4.16. The van der Waals surface area contributed by atoms with E-state index >= 15 is 0 Å². The lowest BCUT2D eigenvalue weighted by atomic mass is 10.1. The van der Waals surface area contributed by atoms with Crippen molar-refractivity contribution in [1.82, 2.24) is 5.32 Å². The van der Waals surface area contributed by atoms with E-state index in [1.54, 1.807) is 0 Å². The topological polar surface area (TPSA) is 92.4 Å². The van der Waals surface area contributed by atoms with Crippen molar-refractivity contribution < 1.29 is 14.7 Å². The van der Waals surface area contributed by atoms with E-state index in [0.717, 1.165) is 5.56 Å². The van der Waals surface area contributed by atoms with Crippen molar-refractivity contribution >= 4 is 24.3 Å². The molecular weight excluding hydrogens is 264 g/mol. The third-order valence-corrected chi connectivity index (χ3v) is 3.04. The summed E-state index contributed by atoms with van der Waals surface area (Å²) < 4.78 is 0. The zero-order chi connectivity index (χ0) is 14.3. The minimum atomic E-state index is -0.803. The number of nitrogens with one attached hydrogen (secondary N) is 1. The molecule has 0 saturated carbocycles.